The minimum absolute atomic E-state index is 0.0122. The second-order valence-electron chi connectivity index (χ2n) is 4.89. The number of carbonyl (C=O) groups excluding carboxylic acids is 1. The number of rotatable bonds is 4. The molecule has 0 unspecified atom stereocenters. The first-order chi connectivity index (χ1) is 11.2. The summed E-state index contributed by atoms with van der Waals surface area (Å²) in [6.45, 7) is -0.346. The summed E-state index contributed by atoms with van der Waals surface area (Å²) in [4.78, 5) is 16.0. The summed E-state index contributed by atoms with van der Waals surface area (Å²) in [5, 5.41) is 10.8. The second kappa shape index (κ2) is 5.84. The lowest BCUT2D eigenvalue weighted by molar-refractivity contribution is -0.112. The molecule has 11 heteroatoms. The molecule has 1 aliphatic heterocycles. The number of aromatic hydroxyl groups is 1. The van der Waals surface area contributed by atoms with E-state index in [9.17, 15) is 27.3 Å². The van der Waals surface area contributed by atoms with Crippen LogP contribution >= 0.6 is 23.6 Å². The normalized spacial score (nSPS) is 13.9. The van der Waals surface area contributed by atoms with Crippen LogP contribution in [0.3, 0.4) is 0 Å². The zero-order valence-corrected chi connectivity index (χ0v) is 14.2. The van der Waals surface area contributed by atoms with Gasteiger partial charge >= 0.3 is 0 Å². The Balaban J connectivity index is 2.18. The Bertz CT molecular complexity index is 1150. The third-order valence-corrected chi connectivity index (χ3v) is 5.46. The summed E-state index contributed by atoms with van der Waals surface area (Å²) in [6, 6.07) is 3.62. The van der Waals surface area contributed by atoms with E-state index in [0.717, 1.165) is 28.0 Å². The molecule has 0 bridgehead atoms. The van der Waals surface area contributed by atoms with E-state index in [4.69, 9.17) is 12.2 Å². The summed E-state index contributed by atoms with van der Waals surface area (Å²) in [7, 11) is -4.50. The van der Waals surface area contributed by atoms with Crippen LogP contribution in [0.5, 0.6) is 5.88 Å². The molecule has 1 aromatic carbocycles. The largest absolute Gasteiger partial charge is 0.748 e. The van der Waals surface area contributed by atoms with Gasteiger partial charge < -0.3 is 9.66 Å². The van der Waals surface area contributed by atoms with Gasteiger partial charge in [-0.15, -0.1) is 11.3 Å². The van der Waals surface area contributed by atoms with Gasteiger partial charge in [0.1, 0.15) is 10.7 Å². The minimum atomic E-state index is -4.50. The lowest BCUT2D eigenvalue weighted by Crippen LogP contribution is -2.23. The Hall–Kier alpha value is -1.95. The Labute approximate surface area is 143 Å². The number of aromatic nitrogens is 1. The molecule has 0 atom stereocenters. The Morgan fingerprint density at radius 3 is 2.79 bits per heavy atom. The van der Waals surface area contributed by atoms with Crippen LogP contribution in [0.4, 0.5) is 4.39 Å². The van der Waals surface area contributed by atoms with Gasteiger partial charge in [0.05, 0.1) is 26.8 Å². The van der Waals surface area contributed by atoms with Crippen molar-refractivity contribution in [3.63, 3.8) is 0 Å². The van der Waals surface area contributed by atoms with E-state index in [2.05, 4.69) is 4.99 Å². The van der Waals surface area contributed by atoms with Gasteiger partial charge in [0.25, 0.3) is 5.91 Å². The van der Waals surface area contributed by atoms with Crippen molar-refractivity contribution >= 4 is 45.2 Å². The van der Waals surface area contributed by atoms with Gasteiger partial charge in [-0.05, 0) is 30.4 Å². The molecule has 3 rings (SSSR count). The highest BCUT2D eigenvalue weighted by Gasteiger charge is 2.25. The van der Waals surface area contributed by atoms with Crippen molar-refractivity contribution in [1.29, 1.82) is 0 Å². The average Bonchev–Trinajstić information content (AvgIpc) is 2.92. The topological polar surface area (TPSA) is 112 Å². The fraction of sp³-hybridized carbons (Fsp3) is 0.154. The number of fused-ring (bicyclic) bond motifs is 1. The molecule has 0 aliphatic carbocycles. The minimum Gasteiger partial charge on any atom is -0.748 e. The molecule has 0 saturated heterocycles. The molecule has 0 saturated carbocycles. The SMILES string of the molecule is O=C1N=c2ccc(F)cc2=C1c1sc(=S)n(CCS(=O)(=O)[O-])c1O. The Kier molecular flexibility index (Phi) is 4.11. The van der Waals surface area contributed by atoms with Crippen LogP contribution in [0, 0.1) is 9.77 Å². The van der Waals surface area contributed by atoms with E-state index in [1.807, 2.05) is 0 Å². The maximum Gasteiger partial charge on any atom is 0.279 e. The quantitative estimate of drug-likeness (QED) is 0.585. The van der Waals surface area contributed by atoms with Crippen LogP contribution in [0.1, 0.15) is 4.88 Å². The van der Waals surface area contributed by atoms with E-state index < -0.39 is 33.5 Å². The van der Waals surface area contributed by atoms with E-state index >= 15 is 0 Å². The molecule has 1 aromatic heterocycles. The van der Waals surface area contributed by atoms with E-state index in [0.29, 0.717) is 0 Å². The maximum absolute atomic E-state index is 13.5. The zero-order chi connectivity index (χ0) is 17.6. The van der Waals surface area contributed by atoms with Crippen molar-refractivity contribution in [2.24, 2.45) is 4.99 Å². The average molecular weight is 387 g/mol. The lowest BCUT2D eigenvalue weighted by Gasteiger charge is -2.08. The van der Waals surface area contributed by atoms with Crippen LogP contribution in [0.25, 0.3) is 5.57 Å². The number of thiazole rings is 1. The summed E-state index contributed by atoms with van der Waals surface area (Å²) < 4.78 is 46.8. The van der Waals surface area contributed by atoms with Gasteiger partial charge in [-0.2, -0.15) is 0 Å². The molecular weight excluding hydrogens is 379 g/mol. The summed E-state index contributed by atoms with van der Waals surface area (Å²) >= 11 is 5.90. The predicted molar refractivity (Wildman–Crippen MR) is 84.1 cm³/mol. The molecule has 2 aromatic rings. The lowest BCUT2D eigenvalue weighted by atomic mass is 10.1. The number of amides is 1. The number of carbonyl (C=O) groups is 1. The zero-order valence-electron chi connectivity index (χ0n) is 11.7. The first-order valence-electron chi connectivity index (χ1n) is 6.47. The number of nitrogens with zero attached hydrogens (tertiary/aromatic N) is 2. The number of benzene rings is 1. The Morgan fingerprint density at radius 1 is 1.42 bits per heavy atom. The molecule has 0 spiro atoms. The summed E-state index contributed by atoms with van der Waals surface area (Å²) in [5.41, 5.74) is -0.0122. The van der Waals surface area contributed by atoms with Crippen molar-refractivity contribution in [2.75, 3.05) is 5.75 Å². The molecule has 0 radical (unpaired) electrons. The molecule has 0 fully saturated rings. The maximum atomic E-state index is 13.5. The van der Waals surface area contributed by atoms with Crippen molar-refractivity contribution in [3.05, 3.63) is 43.4 Å². The van der Waals surface area contributed by atoms with Crippen LogP contribution < -0.4 is 10.6 Å². The standard InChI is InChI=1S/C13H9FN2O5S3/c14-6-1-2-8-7(5-6)9(11(17)15-8)10-12(18)16(13(22)23-10)3-4-24(19,20)21/h1-2,5,18H,3-4H2,(H,19,20,21)/p-1. The highest BCUT2D eigenvalue weighted by molar-refractivity contribution is 7.85. The van der Waals surface area contributed by atoms with E-state index in [1.165, 1.54) is 6.07 Å². The highest BCUT2D eigenvalue weighted by atomic mass is 32.2. The molecule has 1 N–H and O–H groups in total. The number of hydrogen-bond donors (Lipinski definition) is 1. The Morgan fingerprint density at radius 2 is 2.12 bits per heavy atom. The van der Waals surface area contributed by atoms with E-state index in [1.54, 1.807) is 0 Å². The molecule has 1 aliphatic rings. The molecule has 126 valence electrons. The van der Waals surface area contributed by atoms with E-state index in [-0.39, 0.29) is 31.5 Å². The van der Waals surface area contributed by atoms with Gasteiger partial charge in [-0.3, -0.25) is 9.36 Å². The summed E-state index contributed by atoms with van der Waals surface area (Å²) in [5.74, 6) is -2.45. The van der Waals surface area contributed by atoms with Crippen LogP contribution in [-0.4, -0.2) is 34.3 Å². The third-order valence-electron chi connectivity index (χ3n) is 3.32. The van der Waals surface area contributed by atoms with Gasteiger partial charge in [0, 0.05) is 11.8 Å². The fourth-order valence-corrected chi connectivity index (χ4v) is 4.06. The van der Waals surface area contributed by atoms with Gasteiger partial charge in [-0.1, -0.05) is 0 Å². The number of hydrogen-bond acceptors (Lipinski definition) is 7. The smallest absolute Gasteiger partial charge is 0.279 e. The second-order valence-corrected chi connectivity index (χ2v) is 8.06. The first kappa shape index (κ1) is 16.9. The van der Waals surface area contributed by atoms with Crippen molar-refractivity contribution in [1.82, 2.24) is 4.57 Å². The molecular formula is C13H8FN2O5S3-. The van der Waals surface area contributed by atoms with Crippen LogP contribution in [-0.2, 0) is 21.5 Å². The monoisotopic (exact) mass is 387 g/mol. The number of halogens is 1. The van der Waals surface area contributed by atoms with Gasteiger partial charge in [0.2, 0.25) is 5.88 Å². The first-order valence-corrected chi connectivity index (χ1v) is 9.27. The molecule has 1 amide bonds. The highest BCUT2D eigenvalue weighted by Crippen LogP contribution is 2.32. The molecule has 24 heavy (non-hydrogen) atoms. The molecule has 2 heterocycles. The summed E-state index contributed by atoms with van der Waals surface area (Å²) in [6.07, 6.45) is 0. The van der Waals surface area contributed by atoms with Gasteiger partial charge in [0.15, 0.2) is 3.95 Å². The van der Waals surface area contributed by atoms with Gasteiger partial charge in [-0.25, -0.2) is 17.8 Å². The molecule has 7 nitrogen and oxygen atoms in total. The van der Waals surface area contributed by atoms with Crippen molar-refractivity contribution in [2.45, 2.75) is 6.54 Å². The van der Waals surface area contributed by atoms with Crippen molar-refractivity contribution < 1.29 is 27.3 Å². The fourth-order valence-electron chi connectivity index (χ4n) is 2.27. The van der Waals surface area contributed by atoms with Crippen LogP contribution in [0.2, 0.25) is 0 Å². The van der Waals surface area contributed by atoms with Crippen molar-refractivity contribution in [3.8, 4) is 5.88 Å². The van der Waals surface area contributed by atoms with Crippen LogP contribution in [0.15, 0.2) is 23.2 Å². The third kappa shape index (κ3) is 3.02. The predicted octanol–water partition coefficient (Wildman–Crippen LogP) is 0.0278.